The maximum Gasteiger partial charge on any atom is 0.419 e. The van der Waals surface area contributed by atoms with Crippen LogP contribution in [0.1, 0.15) is 16.1 Å². The predicted molar refractivity (Wildman–Crippen MR) is 75.4 cm³/mol. The van der Waals surface area contributed by atoms with Gasteiger partial charge in [0.25, 0.3) is 5.91 Å². The molecule has 1 aromatic carbocycles. The highest BCUT2D eigenvalue weighted by molar-refractivity contribution is 6.06. The molecule has 0 radical (unpaired) electrons. The fourth-order valence-electron chi connectivity index (χ4n) is 2.07. The zero-order valence-corrected chi connectivity index (χ0v) is 12.4. The third-order valence-corrected chi connectivity index (χ3v) is 3.27. The smallest absolute Gasteiger partial charge is 0.318 e. The van der Waals surface area contributed by atoms with Gasteiger partial charge in [-0.15, -0.1) is 5.10 Å². The highest BCUT2D eigenvalue weighted by Gasteiger charge is 2.35. The first-order chi connectivity index (χ1) is 11.7. The number of imidazole rings is 1. The first-order valence-corrected chi connectivity index (χ1v) is 6.64. The minimum absolute atomic E-state index is 0.215. The summed E-state index contributed by atoms with van der Waals surface area (Å²) in [6.07, 6.45) is -3.91. The zero-order chi connectivity index (χ0) is 18.4. The molecule has 0 saturated carbocycles. The van der Waals surface area contributed by atoms with Gasteiger partial charge in [-0.1, -0.05) is 11.3 Å². The molecule has 2 heterocycles. The molecule has 1 amide bonds. The second-order valence-corrected chi connectivity index (χ2v) is 4.90. The van der Waals surface area contributed by atoms with Crippen LogP contribution in [-0.2, 0) is 13.2 Å². The van der Waals surface area contributed by atoms with Gasteiger partial charge in [0.15, 0.2) is 17.2 Å². The highest BCUT2D eigenvalue weighted by atomic mass is 19.4. The van der Waals surface area contributed by atoms with E-state index >= 15 is 0 Å². The Bertz CT molecular complexity index is 1040. The predicted octanol–water partition coefficient (Wildman–Crippen LogP) is 1.23. The van der Waals surface area contributed by atoms with Gasteiger partial charge in [0.05, 0.1) is 11.3 Å². The summed E-state index contributed by atoms with van der Waals surface area (Å²) in [6, 6.07) is 2.46. The molecule has 0 aliphatic heterocycles. The molecule has 12 heteroatoms. The standard InChI is InChI=1S/C13H8F4N6O2/c1-22-12(25)23-5-18-9(10(23)20-21-22)11(24)19-7-4-2-3-6(8(7)14)13(15,16)17/h2-5H,1H3,(H,19,24). The third-order valence-electron chi connectivity index (χ3n) is 3.27. The number of carbonyl (C=O) groups is 1. The minimum atomic E-state index is -4.91. The average Bonchev–Trinajstić information content (AvgIpc) is 2.96. The van der Waals surface area contributed by atoms with E-state index in [1.807, 2.05) is 5.32 Å². The van der Waals surface area contributed by atoms with Gasteiger partial charge in [0.2, 0.25) is 0 Å². The van der Waals surface area contributed by atoms with Crippen LogP contribution in [0.15, 0.2) is 29.3 Å². The van der Waals surface area contributed by atoms with E-state index in [0.29, 0.717) is 6.07 Å². The van der Waals surface area contributed by atoms with Crippen LogP contribution >= 0.6 is 0 Å². The monoisotopic (exact) mass is 356 g/mol. The molecule has 3 aromatic rings. The fraction of sp³-hybridized carbons (Fsp3) is 0.154. The van der Waals surface area contributed by atoms with Gasteiger partial charge in [0, 0.05) is 7.05 Å². The molecule has 1 N–H and O–H groups in total. The topological polar surface area (TPSA) is 94.2 Å². The summed E-state index contributed by atoms with van der Waals surface area (Å²) >= 11 is 0. The Balaban J connectivity index is 1.99. The Morgan fingerprint density at radius 1 is 1.28 bits per heavy atom. The van der Waals surface area contributed by atoms with Gasteiger partial charge in [-0.3, -0.25) is 4.79 Å². The summed E-state index contributed by atoms with van der Waals surface area (Å²) in [5.74, 6) is -2.67. The van der Waals surface area contributed by atoms with Crippen LogP contribution in [0.25, 0.3) is 5.65 Å². The minimum Gasteiger partial charge on any atom is -0.318 e. The van der Waals surface area contributed by atoms with Crippen molar-refractivity contribution in [1.82, 2.24) is 24.4 Å². The van der Waals surface area contributed by atoms with E-state index in [2.05, 4.69) is 15.3 Å². The number of amides is 1. The summed E-state index contributed by atoms with van der Waals surface area (Å²) in [4.78, 5) is 27.7. The van der Waals surface area contributed by atoms with Gasteiger partial charge in [-0.25, -0.2) is 18.6 Å². The van der Waals surface area contributed by atoms with Crippen LogP contribution < -0.4 is 11.0 Å². The fourth-order valence-corrected chi connectivity index (χ4v) is 2.07. The molecule has 0 atom stereocenters. The van der Waals surface area contributed by atoms with Gasteiger partial charge < -0.3 is 5.32 Å². The number of fused-ring (bicyclic) bond motifs is 1. The van der Waals surface area contributed by atoms with Crippen LogP contribution in [0, 0.1) is 5.82 Å². The molecule has 0 aliphatic rings. The first kappa shape index (κ1) is 16.5. The Morgan fingerprint density at radius 2 is 2.00 bits per heavy atom. The van der Waals surface area contributed by atoms with E-state index in [0.717, 1.165) is 27.5 Å². The lowest BCUT2D eigenvalue weighted by molar-refractivity contribution is -0.139. The van der Waals surface area contributed by atoms with Gasteiger partial charge >= 0.3 is 11.9 Å². The van der Waals surface area contributed by atoms with Crippen molar-refractivity contribution in [1.29, 1.82) is 0 Å². The summed E-state index contributed by atoms with van der Waals surface area (Å²) in [7, 11) is 1.33. The van der Waals surface area contributed by atoms with Crippen LogP contribution in [0.3, 0.4) is 0 Å². The number of carbonyl (C=O) groups excluding carboxylic acids is 1. The molecule has 2 aromatic heterocycles. The SMILES string of the molecule is Cn1nnc2c(C(=O)Nc3cccc(C(F)(F)F)c3F)ncn2c1=O. The normalized spacial score (nSPS) is 11.7. The Hall–Kier alpha value is -3.31. The highest BCUT2D eigenvalue weighted by Crippen LogP contribution is 2.33. The van der Waals surface area contributed by atoms with Crippen molar-refractivity contribution in [2.75, 3.05) is 5.32 Å². The Labute approximate surface area is 135 Å². The maximum absolute atomic E-state index is 14.0. The van der Waals surface area contributed by atoms with Gasteiger partial charge in [-0.2, -0.15) is 17.9 Å². The molecule has 0 unspecified atom stereocenters. The number of aromatic nitrogens is 5. The third kappa shape index (κ3) is 2.81. The number of nitrogens with one attached hydrogen (secondary N) is 1. The molecule has 130 valence electrons. The van der Waals surface area contributed by atoms with E-state index in [9.17, 15) is 27.2 Å². The number of alkyl halides is 3. The molecule has 0 aliphatic carbocycles. The lowest BCUT2D eigenvalue weighted by Gasteiger charge is -2.11. The van der Waals surface area contributed by atoms with Crippen molar-refractivity contribution < 1.29 is 22.4 Å². The largest absolute Gasteiger partial charge is 0.419 e. The first-order valence-electron chi connectivity index (χ1n) is 6.64. The van der Waals surface area contributed by atoms with E-state index in [1.54, 1.807) is 0 Å². The molecule has 0 saturated heterocycles. The number of hydrogen-bond donors (Lipinski definition) is 1. The number of anilines is 1. The number of aryl methyl sites for hydroxylation is 1. The molecule has 8 nitrogen and oxygen atoms in total. The summed E-state index contributed by atoms with van der Waals surface area (Å²) in [5, 5.41) is 9.09. The second-order valence-electron chi connectivity index (χ2n) is 4.90. The van der Waals surface area contributed by atoms with Crippen molar-refractivity contribution in [2.24, 2.45) is 7.05 Å². The molecule has 3 rings (SSSR count). The van der Waals surface area contributed by atoms with Crippen molar-refractivity contribution in [3.8, 4) is 0 Å². The number of nitrogens with zero attached hydrogens (tertiary/aromatic N) is 5. The van der Waals surface area contributed by atoms with Crippen LogP contribution in [0.5, 0.6) is 0 Å². The van der Waals surface area contributed by atoms with E-state index in [-0.39, 0.29) is 11.3 Å². The molecular formula is C13H8F4N6O2. The number of halogens is 4. The van der Waals surface area contributed by atoms with Crippen molar-refractivity contribution in [3.63, 3.8) is 0 Å². The van der Waals surface area contributed by atoms with Crippen LogP contribution in [0.2, 0.25) is 0 Å². The quantitative estimate of drug-likeness (QED) is 0.697. The number of benzene rings is 1. The van der Waals surface area contributed by atoms with E-state index in [4.69, 9.17) is 0 Å². The summed E-state index contributed by atoms with van der Waals surface area (Å²) < 4.78 is 53.9. The summed E-state index contributed by atoms with van der Waals surface area (Å²) in [6.45, 7) is 0. The lowest BCUT2D eigenvalue weighted by Crippen LogP contribution is -2.27. The van der Waals surface area contributed by atoms with Crippen molar-refractivity contribution in [3.05, 3.63) is 52.1 Å². The zero-order valence-electron chi connectivity index (χ0n) is 12.4. The van der Waals surface area contributed by atoms with E-state index < -0.39 is 34.8 Å². The summed E-state index contributed by atoms with van der Waals surface area (Å²) in [5.41, 5.74) is -3.44. The van der Waals surface area contributed by atoms with Crippen LogP contribution in [0.4, 0.5) is 23.2 Å². The molecule has 0 fully saturated rings. The molecule has 0 bridgehead atoms. The molecule has 25 heavy (non-hydrogen) atoms. The van der Waals surface area contributed by atoms with Crippen LogP contribution in [-0.4, -0.2) is 30.3 Å². The maximum atomic E-state index is 14.0. The van der Waals surface area contributed by atoms with Gasteiger partial charge in [0.1, 0.15) is 6.33 Å². The second kappa shape index (κ2) is 5.65. The van der Waals surface area contributed by atoms with E-state index in [1.165, 1.54) is 7.05 Å². The number of hydrogen-bond acceptors (Lipinski definition) is 5. The average molecular weight is 356 g/mol. The molecular weight excluding hydrogens is 348 g/mol. The van der Waals surface area contributed by atoms with Crippen molar-refractivity contribution >= 4 is 17.2 Å². The Morgan fingerprint density at radius 3 is 2.68 bits per heavy atom. The van der Waals surface area contributed by atoms with Crippen molar-refractivity contribution in [2.45, 2.75) is 6.18 Å². The van der Waals surface area contributed by atoms with Gasteiger partial charge in [-0.05, 0) is 12.1 Å². The number of rotatable bonds is 2. The lowest BCUT2D eigenvalue weighted by atomic mass is 10.1. The Kier molecular flexibility index (Phi) is 3.74. The molecule has 0 spiro atoms.